The molecule has 118 valence electrons. The molecule has 0 spiro atoms. The number of hydrogen-bond donors (Lipinski definition) is 1. The van der Waals surface area contributed by atoms with Gasteiger partial charge in [0.05, 0.1) is 12.7 Å². The predicted octanol–water partition coefficient (Wildman–Crippen LogP) is 3.82. The second-order valence-electron chi connectivity index (χ2n) is 5.56. The van der Waals surface area contributed by atoms with E-state index in [0.717, 1.165) is 17.8 Å². The number of anilines is 1. The molecule has 0 aromatic heterocycles. The molecule has 0 aliphatic carbocycles. The van der Waals surface area contributed by atoms with E-state index in [-0.39, 0.29) is 11.9 Å². The fourth-order valence-corrected chi connectivity index (χ4v) is 2.95. The first-order chi connectivity index (χ1) is 10.5. The van der Waals surface area contributed by atoms with Crippen molar-refractivity contribution in [1.29, 1.82) is 0 Å². The van der Waals surface area contributed by atoms with Crippen LogP contribution < -0.4 is 10.1 Å². The summed E-state index contributed by atoms with van der Waals surface area (Å²) in [4.78, 5) is 15.0. The summed E-state index contributed by atoms with van der Waals surface area (Å²) in [5.74, 6) is 0.684. The SMILES string of the molecule is C/C=C\C1=C(C)C[C@@H](C)N1C(=O)c1cc(OC)ccc1NC. The molecule has 1 atom stereocenters. The zero-order chi connectivity index (χ0) is 16.3. The van der Waals surface area contributed by atoms with Gasteiger partial charge in [-0.25, -0.2) is 0 Å². The summed E-state index contributed by atoms with van der Waals surface area (Å²) in [6.07, 6.45) is 4.89. The lowest BCUT2D eigenvalue weighted by atomic mass is 10.1. The topological polar surface area (TPSA) is 41.6 Å². The number of carbonyl (C=O) groups is 1. The van der Waals surface area contributed by atoms with Crippen molar-refractivity contribution in [2.75, 3.05) is 19.5 Å². The van der Waals surface area contributed by atoms with E-state index in [1.165, 1.54) is 5.57 Å². The van der Waals surface area contributed by atoms with Crippen LogP contribution in [0.2, 0.25) is 0 Å². The second-order valence-corrected chi connectivity index (χ2v) is 5.56. The first-order valence-electron chi connectivity index (χ1n) is 7.55. The minimum Gasteiger partial charge on any atom is -0.497 e. The highest BCUT2D eigenvalue weighted by Crippen LogP contribution is 2.33. The summed E-state index contributed by atoms with van der Waals surface area (Å²) in [5.41, 5.74) is 3.69. The average Bonchev–Trinajstić information content (AvgIpc) is 2.80. The lowest BCUT2D eigenvalue weighted by Gasteiger charge is -2.25. The molecule has 0 bridgehead atoms. The van der Waals surface area contributed by atoms with Gasteiger partial charge in [0.1, 0.15) is 5.75 Å². The molecule has 0 radical (unpaired) electrons. The molecular formula is C18H24N2O2. The Morgan fingerprint density at radius 3 is 2.77 bits per heavy atom. The van der Waals surface area contributed by atoms with Crippen molar-refractivity contribution < 1.29 is 9.53 Å². The van der Waals surface area contributed by atoms with Crippen molar-refractivity contribution in [3.05, 3.63) is 47.2 Å². The maximum atomic E-state index is 13.1. The molecule has 0 unspecified atom stereocenters. The predicted molar refractivity (Wildman–Crippen MR) is 90.3 cm³/mol. The number of hydrogen-bond acceptors (Lipinski definition) is 3. The largest absolute Gasteiger partial charge is 0.497 e. The normalized spacial score (nSPS) is 18.2. The number of nitrogens with zero attached hydrogens (tertiary/aromatic N) is 1. The van der Waals surface area contributed by atoms with Gasteiger partial charge >= 0.3 is 0 Å². The van der Waals surface area contributed by atoms with Gasteiger partial charge < -0.3 is 15.0 Å². The molecule has 0 saturated heterocycles. The quantitative estimate of drug-likeness (QED) is 0.919. The zero-order valence-electron chi connectivity index (χ0n) is 13.9. The number of ether oxygens (including phenoxy) is 1. The van der Waals surface area contributed by atoms with Crippen molar-refractivity contribution >= 4 is 11.6 Å². The van der Waals surface area contributed by atoms with E-state index in [4.69, 9.17) is 4.74 Å². The van der Waals surface area contributed by atoms with Gasteiger partial charge in [-0.05, 0) is 57.0 Å². The van der Waals surface area contributed by atoms with E-state index >= 15 is 0 Å². The van der Waals surface area contributed by atoms with Crippen LogP contribution in [0.5, 0.6) is 5.75 Å². The Labute approximate surface area is 132 Å². The maximum Gasteiger partial charge on any atom is 0.260 e. The third-order valence-corrected chi connectivity index (χ3v) is 4.01. The van der Waals surface area contributed by atoms with E-state index < -0.39 is 0 Å². The van der Waals surface area contributed by atoms with Crippen LogP contribution in [-0.2, 0) is 0 Å². The van der Waals surface area contributed by atoms with Crippen molar-refractivity contribution in [1.82, 2.24) is 4.90 Å². The van der Waals surface area contributed by atoms with Crippen LogP contribution in [-0.4, -0.2) is 31.0 Å². The number of rotatable bonds is 4. The molecule has 1 aromatic rings. The van der Waals surface area contributed by atoms with Crippen LogP contribution in [0.1, 0.15) is 37.6 Å². The minimum atomic E-state index is 0.000648. The van der Waals surface area contributed by atoms with Gasteiger partial charge in [-0.1, -0.05) is 6.08 Å². The summed E-state index contributed by atoms with van der Waals surface area (Å²) in [7, 11) is 3.43. The molecule has 0 fully saturated rings. The van der Waals surface area contributed by atoms with Gasteiger partial charge in [0.25, 0.3) is 5.91 Å². The van der Waals surface area contributed by atoms with Crippen LogP contribution in [0.3, 0.4) is 0 Å². The lowest BCUT2D eigenvalue weighted by molar-refractivity contribution is 0.0782. The molecule has 4 heteroatoms. The average molecular weight is 300 g/mol. The summed E-state index contributed by atoms with van der Waals surface area (Å²) in [6, 6.07) is 5.68. The van der Waals surface area contributed by atoms with Crippen molar-refractivity contribution in [3.63, 3.8) is 0 Å². The molecule has 1 aliphatic heterocycles. The Morgan fingerprint density at radius 1 is 1.45 bits per heavy atom. The molecular weight excluding hydrogens is 276 g/mol. The number of allylic oxidation sites excluding steroid dienone is 2. The van der Waals surface area contributed by atoms with Crippen LogP contribution in [0, 0.1) is 0 Å². The van der Waals surface area contributed by atoms with E-state index in [1.54, 1.807) is 13.2 Å². The van der Waals surface area contributed by atoms with Gasteiger partial charge in [0.15, 0.2) is 0 Å². The third-order valence-electron chi connectivity index (χ3n) is 4.01. The molecule has 1 aliphatic rings. The van der Waals surface area contributed by atoms with Gasteiger partial charge in [-0.3, -0.25) is 4.79 Å². The van der Waals surface area contributed by atoms with E-state index in [9.17, 15) is 4.79 Å². The molecule has 22 heavy (non-hydrogen) atoms. The van der Waals surface area contributed by atoms with Crippen LogP contribution in [0.25, 0.3) is 0 Å². The van der Waals surface area contributed by atoms with Gasteiger partial charge in [-0.15, -0.1) is 0 Å². The molecule has 0 saturated carbocycles. The highest BCUT2D eigenvalue weighted by molar-refractivity contribution is 6.01. The maximum absolute atomic E-state index is 13.1. The Hall–Kier alpha value is -2.23. The first-order valence-corrected chi connectivity index (χ1v) is 7.55. The number of nitrogens with one attached hydrogen (secondary N) is 1. The summed E-state index contributed by atoms with van der Waals surface area (Å²) < 4.78 is 5.26. The van der Waals surface area contributed by atoms with Crippen LogP contribution in [0.15, 0.2) is 41.6 Å². The third kappa shape index (κ3) is 2.86. The highest BCUT2D eigenvalue weighted by atomic mass is 16.5. The summed E-state index contributed by atoms with van der Waals surface area (Å²) in [6.45, 7) is 6.14. The Morgan fingerprint density at radius 2 is 2.18 bits per heavy atom. The summed E-state index contributed by atoms with van der Waals surface area (Å²) >= 11 is 0. The highest BCUT2D eigenvalue weighted by Gasteiger charge is 2.32. The Balaban J connectivity index is 2.47. The molecule has 1 heterocycles. The molecule has 1 amide bonds. The minimum absolute atomic E-state index is 0.000648. The number of methoxy groups -OCH3 is 1. The molecule has 1 N–H and O–H groups in total. The monoisotopic (exact) mass is 300 g/mol. The summed E-state index contributed by atoms with van der Waals surface area (Å²) in [5, 5.41) is 3.09. The van der Waals surface area contributed by atoms with Crippen LogP contribution in [0.4, 0.5) is 5.69 Å². The molecule has 2 rings (SSSR count). The van der Waals surface area contributed by atoms with Crippen molar-refractivity contribution in [2.24, 2.45) is 0 Å². The van der Waals surface area contributed by atoms with E-state index in [2.05, 4.69) is 19.2 Å². The Bertz CT molecular complexity index is 632. The molecule has 4 nitrogen and oxygen atoms in total. The first kappa shape index (κ1) is 16.1. The Kier molecular flexibility index (Phi) is 4.91. The fourth-order valence-electron chi connectivity index (χ4n) is 2.95. The number of amides is 1. The van der Waals surface area contributed by atoms with Gasteiger partial charge in [0, 0.05) is 24.5 Å². The standard InChI is InChI=1S/C18H24N2O2/c1-6-7-17-12(2)10-13(3)20(17)18(21)15-11-14(22-5)8-9-16(15)19-4/h6-9,11,13,19H,10H2,1-5H3/b7-6-/t13-/m1/s1. The smallest absolute Gasteiger partial charge is 0.260 e. The lowest BCUT2D eigenvalue weighted by Crippen LogP contribution is -2.34. The van der Waals surface area contributed by atoms with E-state index in [1.807, 2.05) is 43.2 Å². The van der Waals surface area contributed by atoms with Gasteiger partial charge in [-0.2, -0.15) is 0 Å². The fraction of sp³-hybridized carbons (Fsp3) is 0.389. The van der Waals surface area contributed by atoms with Crippen molar-refractivity contribution in [3.8, 4) is 5.75 Å². The van der Waals surface area contributed by atoms with Gasteiger partial charge in [0.2, 0.25) is 0 Å². The second kappa shape index (κ2) is 6.69. The zero-order valence-corrected chi connectivity index (χ0v) is 13.9. The number of benzene rings is 1. The van der Waals surface area contributed by atoms with Crippen molar-refractivity contribution in [2.45, 2.75) is 33.2 Å². The van der Waals surface area contributed by atoms with Crippen LogP contribution >= 0.6 is 0 Å². The molecule has 1 aromatic carbocycles. The van der Waals surface area contributed by atoms with E-state index in [0.29, 0.717) is 11.3 Å². The number of carbonyl (C=O) groups excluding carboxylic acids is 1.